The Morgan fingerprint density at radius 3 is 2.25 bits per heavy atom. The summed E-state index contributed by atoms with van der Waals surface area (Å²) in [6, 6.07) is 4.16. The fourth-order valence-corrected chi connectivity index (χ4v) is 2.39. The van der Waals surface area contributed by atoms with Crippen LogP contribution in [0, 0.1) is 0 Å². The highest BCUT2D eigenvalue weighted by Gasteiger charge is 2.30. The maximum absolute atomic E-state index is 12.6. The Balaban J connectivity index is 2.10. The molecular formula is C12H9F3N6O2S. The Hall–Kier alpha value is -2.76. The molecule has 2 N–H and O–H groups in total. The molecule has 1 aromatic carbocycles. The number of fused-ring (bicyclic) bond motifs is 1. The zero-order chi connectivity index (χ0) is 17.7. The van der Waals surface area contributed by atoms with Gasteiger partial charge < -0.3 is 5.73 Å². The summed E-state index contributed by atoms with van der Waals surface area (Å²) in [5.74, 6) is -0.348. The van der Waals surface area contributed by atoms with Crippen LogP contribution in [0.15, 0.2) is 29.4 Å². The summed E-state index contributed by atoms with van der Waals surface area (Å²) in [4.78, 5) is 11.3. The van der Waals surface area contributed by atoms with Gasteiger partial charge in [-0.2, -0.15) is 32.6 Å². The molecule has 126 valence electrons. The largest absolute Gasteiger partial charge is 0.416 e. The van der Waals surface area contributed by atoms with Crippen molar-refractivity contribution in [3.8, 4) is 11.4 Å². The molecule has 0 fully saturated rings. The molecule has 3 rings (SSSR count). The lowest BCUT2D eigenvalue weighted by Gasteiger charge is -2.05. The summed E-state index contributed by atoms with van der Waals surface area (Å²) in [6.45, 7) is 0. The molecule has 0 aliphatic carbocycles. The molecule has 8 nitrogen and oxygen atoms in total. The summed E-state index contributed by atoms with van der Waals surface area (Å²) in [5.41, 5.74) is 5.10. The van der Waals surface area contributed by atoms with E-state index < -0.39 is 26.7 Å². The van der Waals surface area contributed by atoms with E-state index in [1.807, 2.05) is 0 Å². The highest BCUT2D eigenvalue weighted by Crippen LogP contribution is 2.30. The maximum atomic E-state index is 12.6. The molecule has 3 aromatic rings. The molecule has 0 spiro atoms. The van der Waals surface area contributed by atoms with Crippen LogP contribution >= 0.6 is 0 Å². The van der Waals surface area contributed by atoms with Crippen LogP contribution in [0.5, 0.6) is 0 Å². The van der Waals surface area contributed by atoms with Crippen molar-refractivity contribution in [2.75, 3.05) is 12.0 Å². The zero-order valence-corrected chi connectivity index (χ0v) is 12.8. The highest BCUT2D eigenvalue weighted by molar-refractivity contribution is 7.90. The smallest absolute Gasteiger partial charge is 0.368 e. The summed E-state index contributed by atoms with van der Waals surface area (Å²) in [6.07, 6.45) is -3.55. The molecular weight excluding hydrogens is 349 g/mol. The van der Waals surface area contributed by atoms with Gasteiger partial charge in [-0.25, -0.2) is 8.42 Å². The van der Waals surface area contributed by atoms with Crippen LogP contribution in [0.4, 0.5) is 19.1 Å². The number of sulfone groups is 1. The van der Waals surface area contributed by atoms with Gasteiger partial charge in [-0.15, -0.1) is 5.10 Å². The van der Waals surface area contributed by atoms with Crippen LogP contribution in [0.3, 0.4) is 0 Å². The van der Waals surface area contributed by atoms with Gasteiger partial charge in [0.05, 0.1) is 5.56 Å². The second-order valence-corrected chi connectivity index (χ2v) is 6.77. The van der Waals surface area contributed by atoms with Crippen LogP contribution in [0.2, 0.25) is 0 Å². The molecule has 12 heteroatoms. The molecule has 2 aromatic heterocycles. The Kier molecular flexibility index (Phi) is 3.44. The van der Waals surface area contributed by atoms with E-state index in [1.165, 1.54) is 12.1 Å². The van der Waals surface area contributed by atoms with E-state index in [4.69, 9.17) is 5.73 Å². The van der Waals surface area contributed by atoms with Crippen molar-refractivity contribution in [1.29, 1.82) is 0 Å². The first-order valence-corrected chi connectivity index (χ1v) is 8.23. The van der Waals surface area contributed by atoms with E-state index in [-0.39, 0.29) is 23.1 Å². The third-order valence-electron chi connectivity index (χ3n) is 3.01. The third-order valence-corrected chi connectivity index (χ3v) is 3.86. The number of benzene rings is 1. The number of anilines is 1. The summed E-state index contributed by atoms with van der Waals surface area (Å²) in [5, 5.41) is 3.46. The van der Waals surface area contributed by atoms with Crippen molar-refractivity contribution in [1.82, 2.24) is 24.6 Å². The molecule has 0 radical (unpaired) electrons. The third kappa shape index (κ3) is 2.87. The predicted octanol–water partition coefficient (Wildman–Crippen LogP) is 1.19. The van der Waals surface area contributed by atoms with E-state index >= 15 is 0 Å². The Bertz CT molecular complexity index is 1030. The van der Waals surface area contributed by atoms with Gasteiger partial charge in [0.2, 0.25) is 15.8 Å². The van der Waals surface area contributed by atoms with Gasteiger partial charge >= 0.3 is 6.18 Å². The Morgan fingerprint density at radius 1 is 1.08 bits per heavy atom. The number of alkyl halides is 3. The number of nitrogens with zero attached hydrogens (tertiary/aromatic N) is 5. The normalized spacial score (nSPS) is 12.7. The lowest BCUT2D eigenvalue weighted by molar-refractivity contribution is -0.137. The number of hydrogen-bond acceptors (Lipinski definition) is 7. The summed E-state index contributed by atoms with van der Waals surface area (Å²) in [7, 11) is -3.70. The van der Waals surface area contributed by atoms with Crippen LogP contribution in [0.25, 0.3) is 17.2 Å². The molecule has 0 bridgehead atoms. The predicted molar refractivity (Wildman–Crippen MR) is 76.5 cm³/mol. The highest BCUT2D eigenvalue weighted by atomic mass is 32.2. The molecule has 0 atom stereocenters. The lowest BCUT2D eigenvalue weighted by Crippen LogP contribution is -2.11. The average Bonchev–Trinajstić information content (AvgIpc) is 2.90. The van der Waals surface area contributed by atoms with E-state index in [9.17, 15) is 21.6 Å². The van der Waals surface area contributed by atoms with Crippen molar-refractivity contribution in [2.45, 2.75) is 11.3 Å². The molecule has 24 heavy (non-hydrogen) atoms. The molecule has 2 heterocycles. The van der Waals surface area contributed by atoms with Gasteiger partial charge in [-0.05, 0) is 12.1 Å². The Labute approximate surface area is 133 Å². The second-order valence-electron chi connectivity index (χ2n) is 4.86. The van der Waals surface area contributed by atoms with Gasteiger partial charge in [0.25, 0.3) is 10.9 Å². The number of aromatic nitrogens is 5. The van der Waals surface area contributed by atoms with E-state index in [0.29, 0.717) is 0 Å². The van der Waals surface area contributed by atoms with Gasteiger partial charge in [0, 0.05) is 11.8 Å². The van der Waals surface area contributed by atoms with Gasteiger partial charge in [0.1, 0.15) is 0 Å². The molecule has 0 amide bonds. The topological polar surface area (TPSA) is 116 Å². The van der Waals surface area contributed by atoms with E-state index in [2.05, 4.69) is 20.1 Å². The first-order chi connectivity index (χ1) is 11.1. The minimum absolute atomic E-state index is 0.0374. The van der Waals surface area contributed by atoms with Gasteiger partial charge in [0.15, 0.2) is 5.82 Å². The number of nitrogens with two attached hydrogens (primary N) is 1. The lowest BCUT2D eigenvalue weighted by atomic mass is 10.1. The number of nitrogen functional groups attached to an aromatic ring is 1. The van der Waals surface area contributed by atoms with Gasteiger partial charge in [-0.1, -0.05) is 12.1 Å². The van der Waals surface area contributed by atoms with Crippen LogP contribution < -0.4 is 5.73 Å². The SMILES string of the molecule is CS(=O)(=O)c1nc(N)n2nc(-c3ccc(C(F)(F)F)cc3)nc2n1. The maximum Gasteiger partial charge on any atom is 0.416 e. The minimum Gasteiger partial charge on any atom is -0.368 e. The second kappa shape index (κ2) is 5.12. The van der Waals surface area contributed by atoms with E-state index in [0.717, 1.165) is 22.9 Å². The first-order valence-electron chi connectivity index (χ1n) is 6.34. The fourth-order valence-electron chi connectivity index (χ4n) is 1.88. The van der Waals surface area contributed by atoms with Crippen molar-refractivity contribution in [2.24, 2.45) is 0 Å². The molecule has 0 aliphatic heterocycles. The van der Waals surface area contributed by atoms with Crippen molar-refractivity contribution in [3.63, 3.8) is 0 Å². The molecule has 0 aliphatic rings. The summed E-state index contributed by atoms with van der Waals surface area (Å²) >= 11 is 0. The number of hydrogen-bond donors (Lipinski definition) is 1. The van der Waals surface area contributed by atoms with Crippen LogP contribution in [-0.2, 0) is 16.0 Å². The summed E-state index contributed by atoms with van der Waals surface area (Å²) < 4.78 is 61.7. The zero-order valence-electron chi connectivity index (χ0n) is 12.0. The van der Waals surface area contributed by atoms with Gasteiger partial charge in [-0.3, -0.25) is 0 Å². The molecule has 0 unspecified atom stereocenters. The first kappa shape index (κ1) is 16.1. The Morgan fingerprint density at radius 2 is 1.71 bits per heavy atom. The monoisotopic (exact) mass is 358 g/mol. The molecule has 0 saturated carbocycles. The number of rotatable bonds is 2. The van der Waals surface area contributed by atoms with E-state index in [1.54, 1.807) is 0 Å². The minimum atomic E-state index is -4.45. The van der Waals surface area contributed by atoms with Crippen LogP contribution in [-0.4, -0.2) is 39.2 Å². The van der Waals surface area contributed by atoms with Crippen molar-refractivity contribution >= 4 is 21.6 Å². The standard InChI is InChI=1S/C12H9F3N6O2S/c1-24(22,23)11-18-9(16)21-10(19-11)17-8(20-21)6-2-4-7(5-3-6)12(13,14)15/h2-5H,1H3,(H2,16,17,18,19,20). The van der Waals surface area contributed by atoms with Crippen LogP contribution in [0.1, 0.15) is 5.56 Å². The average molecular weight is 358 g/mol. The van der Waals surface area contributed by atoms with Crippen molar-refractivity contribution in [3.05, 3.63) is 29.8 Å². The van der Waals surface area contributed by atoms with Crippen molar-refractivity contribution < 1.29 is 21.6 Å². The fraction of sp³-hybridized carbons (Fsp3) is 0.167. The molecule has 0 saturated heterocycles. The quantitative estimate of drug-likeness (QED) is 0.731. The number of halogens is 3.